The number of aliphatic hydroxyl groups excluding tert-OH is 1. The quantitative estimate of drug-likeness (QED) is 0.781. The van der Waals surface area contributed by atoms with Crippen LogP contribution >= 0.6 is 0 Å². The van der Waals surface area contributed by atoms with Crippen molar-refractivity contribution in [2.24, 2.45) is 0 Å². The van der Waals surface area contributed by atoms with Crippen LogP contribution in [0, 0.1) is 0 Å². The maximum atomic E-state index is 12.4. The first-order chi connectivity index (χ1) is 9.43. The Morgan fingerprint density at radius 3 is 2.45 bits per heavy atom. The molecular formula is C14H14N2O3S. The third kappa shape index (κ3) is 1.73. The lowest BCUT2D eigenvalue weighted by molar-refractivity contribution is 0.0851. The number of hydrogen-bond donors (Lipinski definition) is 2. The van der Waals surface area contributed by atoms with Gasteiger partial charge >= 0.3 is 0 Å². The second kappa shape index (κ2) is 4.31. The van der Waals surface area contributed by atoms with E-state index in [1.165, 1.54) is 7.05 Å². The summed E-state index contributed by atoms with van der Waals surface area (Å²) in [6.07, 6.45) is -1.14. The fraction of sp³-hybridized carbons (Fsp3) is 0.143. The lowest BCUT2D eigenvalue weighted by Crippen LogP contribution is -2.23. The molecule has 6 heteroatoms. The second-order valence-corrected chi connectivity index (χ2v) is 6.68. The summed E-state index contributed by atoms with van der Waals surface area (Å²) < 4.78 is 25.8. The molecule has 5 nitrogen and oxygen atoms in total. The SMILES string of the molecule is CN1C(O)c2cccc(-c3ccc(N)cc3)c2S1(=O)=O. The van der Waals surface area contributed by atoms with Gasteiger partial charge in [-0.1, -0.05) is 30.3 Å². The number of nitrogens with zero attached hydrogens (tertiary/aromatic N) is 1. The van der Waals surface area contributed by atoms with Crippen molar-refractivity contribution in [2.45, 2.75) is 11.1 Å². The number of rotatable bonds is 1. The van der Waals surface area contributed by atoms with Crippen LogP contribution in [0.3, 0.4) is 0 Å². The molecule has 0 fully saturated rings. The van der Waals surface area contributed by atoms with Crippen LogP contribution in [0.2, 0.25) is 0 Å². The third-order valence-corrected chi connectivity index (χ3v) is 5.46. The van der Waals surface area contributed by atoms with E-state index in [-0.39, 0.29) is 4.90 Å². The molecule has 3 rings (SSSR count). The van der Waals surface area contributed by atoms with E-state index in [9.17, 15) is 13.5 Å². The predicted molar refractivity (Wildman–Crippen MR) is 76.2 cm³/mol. The first kappa shape index (κ1) is 13.1. The van der Waals surface area contributed by atoms with E-state index in [4.69, 9.17) is 5.73 Å². The zero-order valence-corrected chi connectivity index (χ0v) is 11.6. The molecule has 0 radical (unpaired) electrons. The molecule has 0 bridgehead atoms. The summed E-state index contributed by atoms with van der Waals surface area (Å²) in [5, 5.41) is 10.0. The van der Waals surface area contributed by atoms with Gasteiger partial charge in [-0.2, -0.15) is 4.31 Å². The first-order valence-electron chi connectivity index (χ1n) is 6.08. The van der Waals surface area contributed by atoms with Gasteiger partial charge in [0, 0.05) is 23.9 Å². The minimum absolute atomic E-state index is 0.166. The number of sulfonamides is 1. The standard InChI is InChI=1S/C14H14N2O3S/c1-16-14(17)12-4-2-3-11(13(12)20(16,18)19)9-5-7-10(15)8-6-9/h2-8,14,17H,15H2,1H3. The van der Waals surface area contributed by atoms with Gasteiger partial charge in [0.1, 0.15) is 6.23 Å². The Morgan fingerprint density at radius 1 is 1.15 bits per heavy atom. The number of nitrogen functional groups attached to an aromatic ring is 1. The van der Waals surface area contributed by atoms with Gasteiger partial charge < -0.3 is 10.8 Å². The molecule has 1 aliphatic rings. The molecule has 0 aliphatic carbocycles. The fourth-order valence-electron chi connectivity index (χ4n) is 2.41. The Labute approximate surface area is 117 Å². The lowest BCUT2D eigenvalue weighted by Gasteiger charge is -2.11. The monoisotopic (exact) mass is 290 g/mol. The van der Waals surface area contributed by atoms with Crippen LogP contribution in [-0.4, -0.2) is 24.9 Å². The van der Waals surface area contributed by atoms with Gasteiger partial charge in [-0.15, -0.1) is 0 Å². The molecule has 1 unspecified atom stereocenters. The van der Waals surface area contributed by atoms with E-state index in [0.29, 0.717) is 16.8 Å². The summed E-state index contributed by atoms with van der Waals surface area (Å²) in [5.41, 5.74) is 7.99. The maximum Gasteiger partial charge on any atom is 0.246 e. The molecule has 2 aromatic carbocycles. The molecule has 1 atom stereocenters. The maximum absolute atomic E-state index is 12.4. The van der Waals surface area contributed by atoms with Crippen molar-refractivity contribution in [3.63, 3.8) is 0 Å². The van der Waals surface area contributed by atoms with E-state index in [1.54, 1.807) is 42.5 Å². The summed E-state index contributed by atoms with van der Waals surface area (Å²) >= 11 is 0. The molecule has 0 saturated heterocycles. The minimum Gasteiger partial charge on any atom is -0.399 e. The van der Waals surface area contributed by atoms with Crippen LogP contribution in [0.5, 0.6) is 0 Å². The molecule has 0 aromatic heterocycles. The number of anilines is 1. The van der Waals surface area contributed by atoms with E-state index < -0.39 is 16.3 Å². The van der Waals surface area contributed by atoms with Crippen LogP contribution < -0.4 is 5.73 Å². The van der Waals surface area contributed by atoms with E-state index in [2.05, 4.69) is 0 Å². The number of aliphatic hydroxyl groups is 1. The van der Waals surface area contributed by atoms with Gasteiger partial charge in [-0.3, -0.25) is 0 Å². The van der Waals surface area contributed by atoms with Crippen molar-refractivity contribution in [3.8, 4) is 11.1 Å². The Bertz CT molecular complexity index is 770. The molecule has 0 spiro atoms. The van der Waals surface area contributed by atoms with Crippen molar-refractivity contribution in [1.29, 1.82) is 0 Å². The second-order valence-electron chi connectivity index (χ2n) is 4.74. The van der Waals surface area contributed by atoms with Crippen molar-refractivity contribution in [3.05, 3.63) is 48.0 Å². The molecular weight excluding hydrogens is 276 g/mol. The van der Waals surface area contributed by atoms with Crippen molar-refractivity contribution in [2.75, 3.05) is 12.8 Å². The Morgan fingerprint density at radius 2 is 1.80 bits per heavy atom. The van der Waals surface area contributed by atoms with Gasteiger partial charge in [-0.05, 0) is 17.7 Å². The molecule has 104 valence electrons. The smallest absolute Gasteiger partial charge is 0.246 e. The molecule has 1 heterocycles. The van der Waals surface area contributed by atoms with Crippen LogP contribution in [0.1, 0.15) is 11.8 Å². The molecule has 2 aromatic rings. The van der Waals surface area contributed by atoms with Gasteiger partial charge in [-0.25, -0.2) is 8.42 Å². The zero-order chi connectivity index (χ0) is 14.5. The highest BCUT2D eigenvalue weighted by Crippen LogP contribution is 2.42. The van der Waals surface area contributed by atoms with Crippen molar-refractivity contribution in [1.82, 2.24) is 4.31 Å². The molecule has 0 saturated carbocycles. The van der Waals surface area contributed by atoms with Crippen LogP contribution in [-0.2, 0) is 10.0 Å². The van der Waals surface area contributed by atoms with Crippen molar-refractivity contribution < 1.29 is 13.5 Å². The highest BCUT2D eigenvalue weighted by Gasteiger charge is 2.40. The fourth-order valence-corrected chi connectivity index (χ4v) is 4.01. The Balaban J connectivity index is 2.29. The van der Waals surface area contributed by atoms with Crippen LogP contribution in [0.25, 0.3) is 11.1 Å². The topological polar surface area (TPSA) is 83.6 Å². The highest BCUT2D eigenvalue weighted by molar-refractivity contribution is 7.89. The number of nitrogens with two attached hydrogens (primary N) is 1. The summed E-state index contributed by atoms with van der Waals surface area (Å²) in [6.45, 7) is 0. The molecule has 20 heavy (non-hydrogen) atoms. The average molecular weight is 290 g/mol. The number of fused-ring (bicyclic) bond motifs is 1. The third-order valence-electron chi connectivity index (χ3n) is 3.53. The predicted octanol–water partition coefficient (Wildman–Crippen LogP) is 1.56. The molecule has 3 N–H and O–H groups in total. The summed E-state index contributed by atoms with van der Waals surface area (Å²) in [6, 6.07) is 12.1. The number of benzene rings is 2. The van der Waals surface area contributed by atoms with Gasteiger partial charge in [0.25, 0.3) is 0 Å². The first-order valence-corrected chi connectivity index (χ1v) is 7.52. The van der Waals surface area contributed by atoms with E-state index in [1.807, 2.05) is 0 Å². The van der Waals surface area contributed by atoms with E-state index in [0.717, 1.165) is 9.87 Å². The number of hydrogen-bond acceptors (Lipinski definition) is 4. The zero-order valence-electron chi connectivity index (χ0n) is 10.8. The Hall–Kier alpha value is -1.89. The van der Waals surface area contributed by atoms with E-state index >= 15 is 0 Å². The summed E-state index contributed by atoms with van der Waals surface area (Å²) in [4.78, 5) is 0.166. The Kier molecular flexibility index (Phi) is 2.82. The molecule has 1 aliphatic heterocycles. The summed E-state index contributed by atoms with van der Waals surface area (Å²) in [5.74, 6) is 0. The highest BCUT2D eigenvalue weighted by atomic mass is 32.2. The van der Waals surface area contributed by atoms with Gasteiger partial charge in [0.2, 0.25) is 10.0 Å². The molecule has 0 amide bonds. The summed E-state index contributed by atoms with van der Waals surface area (Å²) in [7, 11) is -2.30. The minimum atomic E-state index is -3.67. The van der Waals surface area contributed by atoms with Crippen LogP contribution in [0.4, 0.5) is 5.69 Å². The lowest BCUT2D eigenvalue weighted by atomic mass is 10.0. The normalized spacial score (nSPS) is 20.8. The van der Waals surface area contributed by atoms with Gasteiger partial charge in [0.15, 0.2) is 0 Å². The van der Waals surface area contributed by atoms with Gasteiger partial charge in [0.05, 0.1) is 4.90 Å². The van der Waals surface area contributed by atoms with Crippen LogP contribution in [0.15, 0.2) is 47.4 Å². The largest absolute Gasteiger partial charge is 0.399 e. The van der Waals surface area contributed by atoms with Crippen molar-refractivity contribution >= 4 is 15.7 Å². The average Bonchev–Trinajstić information content (AvgIpc) is 2.61.